The van der Waals surface area contributed by atoms with Gasteiger partial charge in [-0.25, -0.2) is 0 Å². The lowest BCUT2D eigenvalue weighted by Gasteiger charge is -2.30. The fourth-order valence-corrected chi connectivity index (χ4v) is 4.32. The molecule has 0 aromatic rings. The summed E-state index contributed by atoms with van der Waals surface area (Å²) >= 11 is 0. The molecular weight excluding hydrogens is 396 g/mol. The van der Waals surface area contributed by atoms with Crippen molar-refractivity contribution in [1.82, 2.24) is 0 Å². The third kappa shape index (κ3) is 8.86. The minimum Gasteiger partial charge on any atom is -0.390 e. The average Bonchev–Trinajstić information content (AvgIpc) is 2.69. The van der Waals surface area contributed by atoms with Crippen molar-refractivity contribution in [2.24, 2.45) is 5.92 Å². The van der Waals surface area contributed by atoms with E-state index in [9.17, 15) is 14.7 Å². The van der Waals surface area contributed by atoms with Crippen LogP contribution < -0.4 is 0 Å². The fourth-order valence-electron chi connectivity index (χ4n) is 4.32. The van der Waals surface area contributed by atoms with Crippen molar-refractivity contribution in [3.8, 4) is 0 Å². The third-order valence-electron chi connectivity index (χ3n) is 6.41. The van der Waals surface area contributed by atoms with Crippen LogP contribution >= 0.6 is 0 Å². The van der Waals surface area contributed by atoms with Crippen molar-refractivity contribution in [3.05, 3.63) is 57.7 Å². The van der Waals surface area contributed by atoms with Gasteiger partial charge >= 0.3 is 0 Å². The first kappa shape index (κ1) is 28.0. The molecule has 0 aromatic carbocycles. The molecule has 1 aliphatic carbocycles. The van der Waals surface area contributed by atoms with Gasteiger partial charge in [0.15, 0.2) is 11.6 Å². The summed E-state index contributed by atoms with van der Waals surface area (Å²) in [6.07, 6.45) is 15.2. The highest BCUT2D eigenvalue weighted by atomic mass is 16.3. The maximum Gasteiger partial charge on any atom is 0.185 e. The Labute approximate surface area is 196 Å². The summed E-state index contributed by atoms with van der Waals surface area (Å²) < 4.78 is 0. The summed E-state index contributed by atoms with van der Waals surface area (Å²) in [6.45, 7) is 15.3. The molecule has 0 aromatic heterocycles. The van der Waals surface area contributed by atoms with E-state index in [4.69, 9.17) is 0 Å². The molecule has 0 fully saturated rings. The Balaban J connectivity index is 2.54. The van der Waals surface area contributed by atoms with Gasteiger partial charge in [-0.3, -0.25) is 9.59 Å². The molecule has 2 atom stereocenters. The number of hydrogen-bond acceptors (Lipinski definition) is 3. The Kier molecular flexibility index (Phi) is 11.3. The van der Waals surface area contributed by atoms with Gasteiger partial charge in [-0.2, -0.15) is 0 Å². The first-order valence-electron chi connectivity index (χ1n) is 12.0. The van der Waals surface area contributed by atoms with Gasteiger partial charge in [0, 0.05) is 22.3 Å². The molecule has 0 spiro atoms. The van der Waals surface area contributed by atoms with Crippen LogP contribution in [0.4, 0.5) is 0 Å². The number of allylic oxidation sites excluding steroid dienone is 10. The van der Waals surface area contributed by atoms with Gasteiger partial charge in [-0.1, -0.05) is 42.4 Å². The second kappa shape index (κ2) is 12.9. The Morgan fingerprint density at radius 1 is 0.875 bits per heavy atom. The number of Topliss-reactive ketones (excluding diaryl/α,β-unsaturated/α-hetero) is 2. The van der Waals surface area contributed by atoms with Crippen molar-refractivity contribution in [1.29, 1.82) is 0 Å². The lowest BCUT2D eigenvalue weighted by atomic mass is 9.76. The Morgan fingerprint density at radius 3 is 2.09 bits per heavy atom. The summed E-state index contributed by atoms with van der Waals surface area (Å²) in [5.41, 5.74) is 4.00. The van der Waals surface area contributed by atoms with E-state index < -0.39 is 5.60 Å². The number of carbonyl (C=O) groups excluding carboxylic acids is 2. The predicted molar refractivity (Wildman–Crippen MR) is 136 cm³/mol. The maximum absolute atomic E-state index is 12.8. The smallest absolute Gasteiger partial charge is 0.185 e. The highest BCUT2D eigenvalue weighted by Gasteiger charge is 2.33. The van der Waals surface area contributed by atoms with Gasteiger partial charge in [0.2, 0.25) is 0 Å². The predicted octanol–water partition coefficient (Wildman–Crippen LogP) is 7.38. The molecule has 1 N–H and O–H groups in total. The highest BCUT2D eigenvalue weighted by Crippen LogP contribution is 2.34. The highest BCUT2D eigenvalue weighted by molar-refractivity contribution is 6.24. The molecule has 0 bridgehead atoms. The van der Waals surface area contributed by atoms with Gasteiger partial charge in [0.1, 0.15) is 0 Å². The zero-order chi connectivity index (χ0) is 24.5. The molecule has 1 aliphatic rings. The van der Waals surface area contributed by atoms with Crippen LogP contribution in [0.2, 0.25) is 0 Å². The second-order valence-corrected chi connectivity index (χ2v) is 10.0. The largest absolute Gasteiger partial charge is 0.390 e. The minimum atomic E-state index is -0.887. The molecule has 0 aliphatic heterocycles. The van der Waals surface area contributed by atoms with Crippen LogP contribution in [0.5, 0.6) is 0 Å². The summed E-state index contributed by atoms with van der Waals surface area (Å²) in [5, 5.41) is 10.9. The summed E-state index contributed by atoms with van der Waals surface area (Å²) in [4.78, 5) is 25.2. The molecule has 32 heavy (non-hydrogen) atoms. The maximum atomic E-state index is 12.8. The summed E-state index contributed by atoms with van der Waals surface area (Å²) in [6, 6.07) is 0. The van der Waals surface area contributed by atoms with E-state index in [1.54, 1.807) is 20.8 Å². The van der Waals surface area contributed by atoms with Crippen molar-refractivity contribution in [2.45, 2.75) is 106 Å². The molecule has 3 nitrogen and oxygen atoms in total. The number of aliphatic hydroxyl groups is 1. The van der Waals surface area contributed by atoms with E-state index in [1.807, 2.05) is 13.8 Å². The number of hydrogen-bond donors (Lipinski definition) is 1. The summed E-state index contributed by atoms with van der Waals surface area (Å²) in [7, 11) is 0. The monoisotopic (exact) mass is 440 g/mol. The van der Waals surface area contributed by atoms with E-state index in [2.05, 4.69) is 45.1 Å². The zero-order valence-corrected chi connectivity index (χ0v) is 21.6. The topological polar surface area (TPSA) is 54.4 Å². The summed E-state index contributed by atoms with van der Waals surface area (Å²) in [5.74, 6) is -0.258. The van der Waals surface area contributed by atoms with Crippen LogP contribution in [-0.4, -0.2) is 22.3 Å². The quantitative estimate of drug-likeness (QED) is 0.196. The van der Waals surface area contributed by atoms with E-state index in [1.165, 1.54) is 11.1 Å². The Bertz CT molecular complexity index is 840. The van der Waals surface area contributed by atoms with Crippen molar-refractivity contribution < 1.29 is 14.7 Å². The SMILES string of the molecule is CC(C)=CCC/C=C/CC/C(C)=C/CC[C@@](C)(O)CC(C)C1=C(C)C(=O)C(C)=C(C)C1=O. The average molecular weight is 441 g/mol. The molecular formula is C29H44O3. The van der Waals surface area contributed by atoms with Gasteiger partial charge in [-0.15, -0.1) is 0 Å². The van der Waals surface area contributed by atoms with Crippen molar-refractivity contribution in [3.63, 3.8) is 0 Å². The molecule has 3 heteroatoms. The number of unbranched alkanes of at least 4 members (excludes halogenated alkanes) is 1. The number of rotatable bonds is 12. The second-order valence-electron chi connectivity index (χ2n) is 10.0. The van der Waals surface area contributed by atoms with Crippen LogP contribution in [0.25, 0.3) is 0 Å². The normalized spacial score (nSPS) is 18.5. The standard InChI is InChI=1S/C29H44O3/c1-20(2)15-12-10-9-11-13-16-21(3)17-14-18-29(8,32)19-22(4)26-25(7)27(30)23(5)24(6)28(26)31/h9,11,15,17,22,32H,10,12-14,16,18-19H2,1-8H3/b11-9+,21-17+/t22?,29-/m1/s1. The number of carbonyl (C=O) groups is 2. The van der Waals surface area contributed by atoms with E-state index in [-0.39, 0.29) is 17.5 Å². The lowest BCUT2D eigenvalue weighted by Crippen LogP contribution is -2.31. The first-order chi connectivity index (χ1) is 14.9. The molecule has 0 amide bonds. The van der Waals surface area contributed by atoms with Gasteiger partial charge < -0.3 is 5.11 Å². The molecule has 178 valence electrons. The zero-order valence-electron chi connectivity index (χ0n) is 21.6. The number of ketones is 2. The van der Waals surface area contributed by atoms with Crippen LogP contribution in [0.1, 0.15) is 100 Å². The molecule has 0 heterocycles. The van der Waals surface area contributed by atoms with Crippen LogP contribution in [0.3, 0.4) is 0 Å². The fraction of sp³-hybridized carbons (Fsp3) is 0.586. The first-order valence-corrected chi connectivity index (χ1v) is 12.0. The van der Waals surface area contributed by atoms with Gasteiger partial charge in [-0.05, 0) is 99.3 Å². The van der Waals surface area contributed by atoms with Gasteiger partial charge in [0.05, 0.1) is 5.60 Å². The van der Waals surface area contributed by atoms with E-state index >= 15 is 0 Å². The van der Waals surface area contributed by atoms with E-state index in [0.29, 0.717) is 35.1 Å². The van der Waals surface area contributed by atoms with Crippen LogP contribution in [-0.2, 0) is 9.59 Å². The Morgan fingerprint density at radius 2 is 1.47 bits per heavy atom. The van der Waals surface area contributed by atoms with Gasteiger partial charge in [0.25, 0.3) is 0 Å². The van der Waals surface area contributed by atoms with Crippen molar-refractivity contribution in [2.75, 3.05) is 0 Å². The molecule has 1 rings (SSSR count). The minimum absolute atomic E-state index is 0.0480. The van der Waals surface area contributed by atoms with Crippen molar-refractivity contribution >= 4 is 11.6 Å². The third-order valence-corrected chi connectivity index (χ3v) is 6.41. The van der Waals surface area contributed by atoms with Crippen LogP contribution in [0.15, 0.2) is 57.7 Å². The van der Waals surface area contributed by atoms with Crippen LogP contribution in [0, 0.1) is 5.92 Å². The van der Waals surface area contributed by atoms with E-state index in [0.717, 1.165) is 32.1 Å². The lowest BCUT2D eigenvalue weighted by molar-refractivity contribution is -0.117. The molecule has 1 unspecified atom stereocenters. The molecule has 0 radical (unpaired) electrons. The molecule has 0 saturated heterocycles. The molecule has 0 saturated carbocycles. The Hall–Kier alpha value is -2.00.